The van der Waals surface area contributed by atoms with Crippen LogP contribution in [-0.2, 0) is 6.42 Å². The SMILES string of the molecule is CCC1CCC(CCc2cc(F)cc(F)c2)CC1. The van der Waals surface area contributed by atoms with Crippen molar-refractivity contribution in [3.8, 4) is 0 Å². The first-order chi connectivity index (χ1) is 8.67. The maximum Gasteiger partial charge on any atom is 0.126 e. The topological polar surface area (TPSA) is 0 Å². The zero-order valence-corrected chi connectivity index (χ0v) is 11.1. The summed E-state index contributed by atoms with van der Waals surface area (Å²) in [5, 5.41) is 0. The van der Waals surface area contributed by atoms with Gasteiger partial charge in [0.1, 0.15) is 11.6 Å². The molecule has 1 aromatic rings. The van der Waals surface area contributed by atoms with Gasteiger partial charge in [-0.2, -0.15) is 0 Å². The van der Waals surface area contributed by atoms with Crippen LogP contribution in [0, 0.1) is 23.5 Å². The molecular formula is C16H22F2. The fourth-order valence-electron chi connectivity index (χ4n) is 3.05. The van der Waals surface area contributed by atoms with Crippen molar-refractivity contribution in [1.29, 1.82) is 0 Å². The van der Waals surface area contributed by atoms with Gasteiger partial charge in [-0.15, -0.1) is 0 Å². The van der Waals surface area contributed by atoms with Crippen LogP contribution in [0.1, 0.15) is 51.0 Å². The normalized spacial score (nSPS) is 24.2. The van der Waals surface area contributed by atoms with E-state index >= 15 is 0 Å². The van der Waals surface area contributed by atoms with Gasteiger partial charge in [-0.3, -0.25) is 0 Å². The lowest BCUT2D eigenvalue weighted by molar-refractivity contribution is 0.258. The van der Waals surface area contributed by atoms with Gasteiger partial charge in [-0.05, 0) is 42.4 Å². The van der Waals surface area contributed by atoms with E-state index in [-0.39, 0.29) is 0 Å². The van der Waals surface area contributed by atoms with Crippen molar-refractivity contribution in [2.75, 3.05) is 0 Å². The molecule has 1 aliphatic carbocycles. The van der Waals surface area contributed by atoms with E-state index < -0.39 is 11.6 Å². The van der Waals surface area contributed by atoms with Crippen molar-refractivity contribution < 1.29 is 8.78 Å². The van der Waals surface area contributed by atoms with Crippen LogP contribution in [0.5, 0.6) is 0 Å². The molecule has 2 heteroatoms. The minimum atomic E-state index is -0.459. The summed E-state index contributed by atoms with van der Waals surface area (Å²) in [6.45, 7) is 2.26. The third kappa shape index (κ3) is 3.79. The molecule has 1 fully saturated rings. The zero-order valence-electron chi connectivity index (χ0n) is 11.1. The lowest BCUT2D eigenvalue weighted by Crippen LogP contribution is -2.14. The van der Waals surface area contributed by atoms with Crippen LogP contribution in [-0.4, -0.2) is 0 Å². The van der Waals surface area contributed by atoms with Crippen LogP contribution in [0.15, 0.2) is 18.2 Å². The Labute approximate surface area is 108 Å². The number of hydrogen-bond donors (Lipinski definition) is 0. The molecule has 0 bridgehead atoms. The van der Waals surface area contributed by atoms with Gasteiger partial charge in [0.25, 0.3) is 0 Å². The Bertz CT molecular complexity index is 358. The highest BCUT2D eigenvalue weighted by Gasteiger charge is 2.19. The quantitative estimate of drug-likeness (QED) is 0.698. The molecule has 1 aliphatic rings. The highest BCUT2D eigenvalue weighted by Crippen LogP contribution is 2.33. The van der Waals surface area contributed by atoms with Gasteiger partial charge in [-0.25, -0.2) is 8.78 Å². The molecule has 1 saturated carbocycles. The summed E-state index contributed by atoms with van der Waals surface area (Å²) in [5.41, 5.74) is 0.796. The second-order valence-electron chi connectivity index (χ2n) is 5.61. The molecule has 0 spiro atoms. The van der Waals surface area contributed by atoms with Crippen molar-refractivity contribution in [2.45, 2.75) is 51.9 Å². The first kappa shape index (κ1) is 13.5. The number of hydrogen-bond acceptors (Lipinski definition) is 0. The highest BCUT2D eigenvalue weighted by molar-refractivity contribution is 5.18. The third-order valence-corrected chi connectivity index (χ3v) is 4.31. The average molecular weight is 252 g/mol. The van der Waals surface area contributed by atoms with Crippen LogP contribution in [0.3, 0.4) is 0 Å². The molecule has 0 unspecified atom stereocenters. The van der Waals surface area contributed by atoms with Crippen LogP contribution in [0.4, 0.5) is 8.78 Å². The van der Waals surface area contributed by atoms with E-state index in [1.165, 1.54) is 44.2 Å². The zero-order chi connectivity index (χ0) is 13.0. The molecule has 0 nitrogen and oxygen atoms in total. The Kier molecular flexibility index (Phi) is 4.73. The van der Waals surface area contributed by atoms with Gasteiger partial charge in [0.05, 0.1) is 0 Å². The standard InChI is InChI=1S/C16H22F2/c1-2-12-3-5-13(6-4-12)7-8-14-9-15(17)11-16(18)10-14/h9-13H,2-8H2,1H3. The highest BCUT2D eigenvalue weighted by atomic mass is 19.1. The fourth-order valence-corrected chi connectivity index (χ4v) is 3.05. The third-order valence-electron chi connectivity index (χ3n) is 4.31. The number of halogens is 2. The van der Waals surface area contributed by atoms with Gasteiger partial charge in [0, 0.05) is 6.07 Å². The summed E-state index contributed by atoms with van der Waals surface area (Å²) in [6.07, 6.45) is 8.40. The molecule has 0 aliphatic heterocycles. The molecule has 0 N–H and O–H groups in total. The van der Waals surface area contributed by atoms with Crippen LogP contribution in [0.25, 0.3) is 0 Å². The molecule has 0 aromatic heterocycles. The molecule has 2 rings (SSSR count). The Hall–Kier alpha value is -0.920. The summed E-state index contributed by atoms with van der Waals surface area (Å²) in [6, 6.07) is 3.86. The summed E-state index contributed by atoms with van der Waals surface area (Å²) in [5.74, 6) is 0.742. The maximum atomic E-state index is 13.1. The average Bonchev–Trinajstić information content (AvgIpc) is 2.36. The van der Waals surface area contributed by atoms with Crippen LogP contribution >= 0.6 is 0 Å². The van der Waals surface area contributed by atoms with E-state index in [4.69, 9.17) is 0 Å². The second kappa shape index (κ2) is 6.31. The Morgan fingerprint density at radius 2 is 1.50 bits per heavy atom. The van der Waals surface area contributed by atoms with Crippen LogP contribution < -0.4 is 0 Å². The van der Waals surface area contributed by atoms with Gasteiger partial charge in [0.2, 0.25) is 0 Å². The van der Waals surface area contributed by atoms with E-state index in [0.29, 0.717) is 0 Å². The van der Waals surface area contributed by atoms with E-state index in [0.717, 1.165) is 36.3 Å². The number of aryl methyl sites for hydroxylation is 1. The Morgan fingerprint density at radius 3 is 2.06 bits per heavy atom. The van der Waals surface area contributed by atoms with Crippen molar-refractivity contribution in [2.24, 2.45) is 11.8 Å². The second-order valence-corrected chi connectivity index (χ2v) is 5.61. The molecule has 100 valence electrons. The fraction of sp³-hybridized carbons (Fsp3) is 0.625. The van der Waals surface area contributed by atoms with E-state index in [1.807, 2.05) is 0 Å². The first-order valence-electron chi connectivity index (χ1n) is 7.12. The van der Waals surface area contributed by atoms with E-state index in [1.54, 1.807) is 0 Å². The molecule has 18 heavy (non-hydrogen) atoms. The maximum absolute atomic E-state index is 13.1. The first-order valence-corrected chi connectivity index (χ1v) is 7.12. The van der Waals surface area contributed by atoms with Gasteiger partial charge < -0.3 is 0 Å². The lowest BCUT2D eigenvalue weighted by Gasteiger charge is -2.27. The van der Waals surface area contributed by atoms with Gasteiger partial charge in [0.15, 0.2) is 0 Å². The predicted molar refractivity (Wildman–Crippen MR) is 70.4 cm³/mol. The molecule has 0 atom stereocenters. The molecule has 0 amide bonds. The van der Waals surface area contributed by atoms with E-state index in [2.05, 4.69) is 6.92 Å². The number of benzene rings is 1. The Balaban J connectivity index is 1.81. The smallest absolute Gasteiger partial charge is 0.126 e. The monoisotopic (exact) mass is 252 g/mol. The largest absolute Gasteiger partial charge is 0.207 e. The molecule has 0 radical (unpaired) electrons. The molecule has 0 heterocycles. The number of rotatable bonds is 4. The minimum absolute atomic E-state index is 0.459. The van der Waals surface area contributed by atoms with Crippen molar-refractivity contribution in [3.05, 3.63) is 35.4 Å². The molecular weight excluding hydrogens is 230 g/mol. The van der Waals surface area contributed by atoms with Crippen molar-refractivity contribution >= 4 is 0 Å². The summed E-state index contributed by atoms with van der Waals surface area (Å²) < 4.78 is 26.1. The van der Waals surface area contributed by atoms with E-state index in [9.17, 15) is 8.78 Å². The Morgan fingerprint density at radius 1 is 0.944 bits per heavy atom. The van der Waals surface area contributed by atoms with Crippen molar-refractivity contribution in [3.63, 3.8) is 0 Å². The van der Waals surface area contributed by atoms with Crippen LogP contribution in [0.2, 0.25) is 0 Å². The molecule has 0 saturated heterocycles. The van der Waals surface area contributed by atoms with Crippen molar-refractivity contribution in [1.82, 2.24) is 0 Å². The summed E-state index contributed by atoms with van der Waals surface area (Å²) >= 11 is 0. The summed E-state index contributed by atoms with van der Waals surface area (Å²) in [7, 11) is 0. The lowest BCUT2D eigenvalue weighted by atomic mass is 9.78. The molecule has 1 aromatic carbocycles. The minimum Gasteiger partial charge on any atom is -0.207 e. The summed E-state index contributed by atoms with van der Waals surface area (Å²) in [4.78, 5) is 0. The van der Waals surface area contributed by atoms with Gasteiger partial charge in [-0.1, -0.05) is 39.0 Å². The predicted octanol–water partition coefficient (Wildman–Crippen LogP) is 5.11. The van der Waals surface area contributed by atoms with Gasteiger partial charge >= 0.3 is 0 Å².